The molecule has 3 aromatic rings. The molecule has 2 aliphatic heterocycles. The minimum Gasteiger partial charge on any atom is -0.369 e. The smallest absolute Gasteiger partial charge is 0.198 e. The Balaban J connectivity index is 1.50. The van der Waals surface area contributed by atoms with Gasteiger partial charge in [-0.15, -0.1) is 0 Å². The molecule has 3 heterocycles. The molecule has 10 heteroatoms. The van der Waals surface area contributed by atoms with E-state index >= 15 is 0 Å². The molecule has 0 radical (unpaired) electrons. The zero-order chi connectivity index (χ0) is 25.8. The van der Waals surface area contributed by atoms with E-state index in [0.717, 1.165) is 43.4 Å². The van der Waals surface area contributed by atoms with Crippen LogP contribution in [0.1, 0.15) is 57.1 Å². The van der Waals surface area contributed by atoms with Crippen molar-refractivity contribution in [1.29, 1.82) is 0 Å². The molecule has 2 aromatic carbocycles. The number of benzene rings is 2. The summed E-state index contributed by atoms with van der Waals surface area (Å²) in [5.74, 6) is 0.317. The van der Waals surface area contributed by atoms with Crippen LogP contribution < -0.4 is 5.73 Å². The lowest BCUT2D eigenvalue weighted by Gasteiger charge is -2.43. The number of anilines is 1. The van der Waals surface area contributed by atoms with Gasteiger partial charge in [0.1, 0.15) is 23.0 Å². The predicted molar refractivity (Wildman–Crippen MR) is 142 cm³/mol. The van der Waals surface area contributed by atoms with Gasteiger partial charge in [-0.2, -0.15) is 0 Å². The van der Waals surface area contributed by atoms with Gasteiger partial charge in [0, 0.05) is 12.0 Å². The number of sulfone groups is 1. The van der Waals surface area contributed by atoms with Crippen molar-refractivity contribution in [3.05, 3.63) is 53.6 Å². The molecule has 1 aromatic heterocycles. The van der Waals surface area contributed by atoms with Crippen molar-refractivity contribution in [2.45, 2.75) is 67.2 Å². The maximum Gasteiger partial charge on any atom is 0.198 e. The third-order valence-corrected chi connectivity index (χ3v) is 10.3. The SMILES string of the molecule is CC(C)S(=O)(=O)c1cc(C2=NC=NC2(c2ccccc2)C2CCC3(CCOO3)CC2)cc2[nH]c(N)nc12. The van der Waals surface area contributed by atoms with Gasteiger partial charge in [-0.3, -0.25) is 4.99 Å². The molecule has 2 fully saturated rings. The Morgan fingerprint density at radius 2 is 1.86 bits per heavy atom. The Labute approximate surface area is 216 Å². The minimum atomic E-state index is -3.65. The summed E-state index contributed by atoms with van der Waals surface area (Å²) in [5, 5.41) is -0.618. The number of nitrogens with one attached hydrogen (secondary N) is 1. The number of imidazole rings is 1. The number of fused-ring (bicyclic) bond motifs is 1. The van der Waals surface area contributed by atoms with E-state index in [0.29, 0.717) is 23.2 Å². The average Bonchev–Trinajstić information content (AvgIpc) is 3.63. The number of aromatic amines is 1. The quantitative estimate of drug-likeness (QED) is 0.480. The van der Waals surface area contributed by atoms with Crippen LogP contribution in [-0.2, 0) is 25.2 Å². The fraction of sp³-hybridized carbons (Fsp3) is 0.444. The van der Waals surface area contributed by atoms with E-state index in [-0.39, 0.29) is 22.4 Å². The molecule has 0 amide bonds. The van der Waals surface area contributed by atoms with E-state index in [4.69, 9.17) is 25.5 Å². The molecule has 1 saturated heterocycles. The topological polar surface area (TPSA) is 132 Å². The summed E-state index contributed by atoms with van der Waals surface area (Å²) in [5.41, 5.74) is 8.35. The highest BCUT2D eigenvalue weighted by atomic mass is 32.2. The predicted octanol–water partition coefficient (Wildman–Crippen LogP) is 4.33. The number of hydrogen-bond donors (Lipinski definition) is 2. The molecule has 1 saturated carbocycles. The molecule has 1 unspecified atom stereocenters. The first-order valence-electron chi connectivity index (χ1n) is 12.8. The first-order valence-corrected chi connectivity index (χ1v) is 14.3. The molecule has 3 aliphatic rings. The van der Waals surface area contributed by atoms with E-state index in [1.54, 1.807) is 26.3 Å². The van der Waals surface area contributed by atoms with Gasteiger partial charge in [-0.25, -0.2) is 28.2 Å². The van der Waals surface area contributed by atoms with E-state index in [1.165, 1.54) is 0 Å². The molecule has 194 valence electrons. The van der Waals surface area contributed by atoms with E-state index in [1.807, 2.05) is 24.3 Å². The third-order valence-electron chi connectivity index (χ3n) is 8.16. The van der Waals surface area contributed by atoms with Gasteiger partial charge in [0.15, 0.2) is 15.8 Å². The summed E-state index contributed by atoms with van der Waals surface area (Å²) in [7, 11) is -3.65. The van der Waals surface area contributed by atoms with Crippen LogP contribution in [0.4, 0.5) is 5.95 Å². The summed E-state index contributed by atoms with van der Waals surface area (Å²) in [4.78, 5) is 28.3. The highest BCUT2D eigenvalue weighted by Gasteiger charge is 2.52. The summed E-state index contributed by atoms with van der Waals surface area (Å²) in [6, 6.07) is 13.7. The molecule has 3 N–H and O–H groups in total. The van der Waals surface area contributed by atoms with Crippen LogP contribution in [0, 0.1) is 5.92 Å². The molecule has 37 heavy (non-hydrogen) atoms. The molecule has 1 aliphatic carbocycles. The molecule has 9 nitrogen and oxygen atoms in total. The van der Waals surface area contributed by atoms with Crippen molar-refractivity contribution in [2.75, 3.05) is 12.3 Å². The molecular weight excluding hydrogens is 490 g/mol. The highest BCUT2D eigenvalue weighted by Crippen LogP contribution is 2.50. The number of H-pyrrole nitrogens is 1. The van der Waals surface area contributed by atoms with Crippen LogP contribution in [-0.4, -0.2) is 47.9 Å². The molecule has 0 bridgehead atoms. The van der Waals surface area contributed by atoms with Gasteiger partial charge >= 0.3 is 0 Å². The number of aliphatic imine (C=N–C) groups is 2. The third kappa shape index (κ3) is 3.81. The maximum atomic E-state index is 13.4. The number of nitrogen functional groups attached to an aromatic ring is 1. The van der Waals surface area contributed by atoms with Crippen LogP contribution in [0.2, 0.25) is 0 Å². The number of aromatic nitrogens is 2. The zero-order valence-electron chi connectivity index (χ0n) is 21.0. The maximum absolute atomic E-state index is 13.4. The van der Waals surface area contributed by atoms with E-state index < -0.39 is 20.6 Å². The largest absolute Gasteiger partial charge is 0.369 e. The standard InChI is InChI=1S/C27H31N5O4S/c1-17(2)37(33,34)22-15-18(14-21-23(22)32-25(28)31-21)24-27(30-16-29-24,19-6-4-3-5-7-19)20-8-10-26(11-9-20)12-13-35-36-26/h3-7,14-17,20H,8-13H2,1-2H3,(H3,28,31,32). The van der Waals surface area contributed by atoms with Crippen LogP contribution >= 0.6 is 0 Å². The number of hydrogen-bond acceptors (Lipinski definition) is 8. The van der Waals surface area contributed by atoms with Crippen LogP contribution in [0.3, 0.4) is 0 Å². The minimum absolute atomic E-state index is 0.148. The lowest BCUT2D eigenvalue weighted by atomic mass is 9.64. The molecule has 1 atom stereocenters. The summed E-state index contributed by atoms with van der Waals surface area (Å²) >= 11 is 0. The van der Waals surface area contributed by atoms with Crippen molar-refractivity contribution in [3.8, 4) is 0 Å². The van der Waals surface area contributed by atoms with Crippen molar-refractivity contribution < 1.29 is 18.2 Å². The Morgan fingerprint density at radius 1 is 1.11 bits per heavy atom. The summed E-state index contributed by atoms with van der Waals surface area (Å²) in [6.45, 7) is 3.96. The fourth-order valence-electron chi connectivity index (χ4n) is 6.11. The first-order chi connectivity index (χ1) is 17.8. The molecule has 1 spiro atoms. The normalized spacial score (nSPS) is 28.0. The second-order valence-electron chi connectivity index (χ2n) is 10.6. The Hall–Kier alpha value is -3.08. The summed E-state index contributed by atoms with van der Waals surface area (Å²) < 4.78 is 26.8. The lowest BCUT2D eigenvalue weighted by molar-refractivity contribution is -0.316. The summed E-state index contributed by atoms with van der Waals surface area (Å²) in [6.07, 6.45) is 6.02. The average molecular weight is 522 g/mol. The number of nitrogens with two attached hydrogens (primary N) is 1. The van der Waals surface area contributed by atoms with Crippen molar-refractivity contribution in [1.82, 2.24) is 9.97 Å². The Morgan fingerprint density at radius 3 is 2.54 bits per heavy atom. The second-order valence-corrected chi connectivity index (χ2v) is 13.0. The Bertz CT molecular complexity index is 1500. The van der Waals surface area contributed by atoms with Gasteiger partial charge in [-0.05, 0) is 63.1 Å². The highest BCUT2D eigenvalue weighted by molar-refractivity contribution is 7.92. The van der Waals surface area contributed by atoms with Crippen LogP contribution in [0.25, 0.3) is 11.0 Å². The fourth-order valence-corrected chi connectivity index (χ4v) is 7.34. The van der Waals surface area contributed by atoms with Crippen LogP contribution in [0.5, 0.6) is 0 Å². The van der Waals surface area contributed by atoms with Gasteiger partial charge in [0.25, 0.3) is 0 Å². The number of nitrogens with zero attached hydrogens (tertiary/aromatic N) is 3. The van der Waals surface area contributed by atoms with Gasteiger partial charge in [0.05, 0.1) is 28.0 Å². The first kappa shape index (κ1) is 24.3. The second kappa shape index (κ2) is 8.75. The lowest BCUT2D eigenvalue weighted by Crippen LogP contribution is -2.45. The van der Waals surface area contributed by atoms with Gasteiger partial charge in [0.2, 0.25) is 0 Å². The molecule has 6 rings (SSSR count). The van der Waals surface area contributed by atoms with Crippen molar-refractivity contribution in [3.63, 3.8) is 0 Å². The monoisotopic (exact) mass is 521 g/mol. The number of rotatable bonds is 5. The molecular formula is C27H31N5O4S. The van der Waals surface area contributed by atoms with Crippen LogP contribution in [0.15, 0.2) is 57.3 Å². The van der Waals surface area contributed by atoms with E-state index in [2.05, 4.69) is 22.1 Å². The van der Waals surface area contributed by atoms with Gasteiger partial charge in [-0.1, -0.05) is 30.3 Å². The van der Waals surface area contributed by atoms with Gasteiger partial charge < -0.3 is 10.7 Å². The zero-order valence-corrected chi connectivity index (χ0v) is 21.8. The Kier molecular flexibility index (Phi) is 5.74. The van der Waals surface area contributed by atoms with E-state index in [9.17, 15) is 8.42 Å². The van der Waals surface area contributed by atoms with Crippen molar-refractivity contribution >= 4 is 38.9 Å². The van der Waals surface area contributed by atoms with Crippen molar-refractivity contribution in [2.24, 2.45) is 15.9 Å².